The molecule has 3 nitrogen and oxygen atoms in total. The summed E-state index contributed by atoms with van der Waals surface area (Å²) in [6.45, 7) is -0.157. The molecule has 2 N–H and O–H groups in total. The van der Waals surface area contributed by atoms with Gasteiger partial charge in [0.05, 0.1) is 6.61 Å². The third-order valence-corrected chi connectivity index (χ3v) is 2.51. The number of benzene rings is 2. The molecule has 94 valence electrons. The number of aliphatic hydroxyl groups is 1. The van der Waals surface area contributed by atoms with Crippen molar-refractivity contribution in [1.82, 2.24) is 0 Å². The number of rotatable bonds is 4. The maximum absolute atomic E-state index is 13.5. The quantitative estimate of drug-likeness (QED) is 0.874. The van der Waals surface area contributed by atoms with Crippen LogP contribution in [0.3, 0.4) is 0 Å². The largest absolute Gasteiger partial charge is 0.508 e. The number of hydrogen-bond donors (Lipinski definition) is 2. The van der Waals surface area contributed by atoms with Crippen molar-refractivity contribution < 1.29 is 19.3 Å². The van der Waals surface area contributed by atoms with Crippen molar-refractivity contribution in [3.63, 3.8) is 0 Å². The summed E-state index contributed by atoms with van der Waals surface area (Å²) in [7, 11) is 0. The van der Waals surface area contributed by atoms with E-state index >= 15 is 0 Å². The number of halogens is 1. The lowest BCUT2D eigenvalue weighted by Gasteiger charge is -2.11. The molecule has 4 heteroatoms. The zero-order valence-corrected chi connectivity index (χ0v) is 9.64. The zero-order chi connectivity index (χ0) is 13.0. The molecule has 0 radical (unpaired) electrons. The van der Waals surface area contributed by atoms with Crippen molar-refractivity contribution in [2.75, 3.05) is 0 Å². The second-order valence-corrected chi connectivity index (χ2v) is 3.84. The molecule has 0 aliphatic carbocycles. The second kappa shape index (κ2) is 5.51. The highest BCUT2D eigenvalue weighted by Crippen LogP contribution is 2.24. The molecule has 18 heavy (non-hydrogen) atoms. The van der Waals surface area contributed by atoms with Crippen LogP contribution in [0.2, 0.25) is 0 Å². The number of hydrogen-bond acceptors (Lipinski definition) is 3. The van der Waals surface area contributed by atoms with Gasteiger partial charge in [0.25, 0.3) is 0 Å². The van der Waals surface area contributed by atoms with Gasteiger partial charge in [0.2, 0.25) is 0 Å². The predicted octanol–water partition coefficient (Wildman–Crippen LogP) is 2.60. The number of aliphatic hydroxyl groups excluding tert-OH is 1. The average Bonchev–Trinajstić information content (AvgIpc) is 2.37. The second-order valence-electron chi connectivity index (χ2n) is 3.84. The Hall–Kier alpha value is -2.07. The fourth-order valence-corrected chi connectivity index (χ4v) is 1.64. The van der Waals surface area contributed by atoms with E-state index in [-0.39, 0.29) is 24.7 Å². The summed E-state index contributed by atoms with van der Waals surface area (Å²) in [6, 6.07) is 10.9. The Morgan fingerprint density at radius 2 is 1.89 bits per heavy atom. The van der Waals surface area contributed by atoms with E-state index in [1.165, 1.54) is 12.1 Å². The first kappa shape index (κ1) is 12.4. The maximum Gasteiger partial charge on any atom is 0.165 e. The van der Waals surface area contributed by atoms with Crippen molar-refractivity contribution in [2.24, 2.45) is 0 Å². The van der Waals surface area contributed by atoms with Gasteiger partial charge in [-0.2, -0.15) is 0 Å². The van der Waals surface area contributed by atoms with Crippen LogP contribution in [0.5, 0.6) is 11.5 Å². The molecule has 0 fully saturated rings. The van der Waals surface area contributed by atoms with Gasteiger partial charge >= 0.3 is 0 Å². The number of para-hydroxylation sites is 1. The van der Waals surface area contributed by atoms with E-state index in [1.807, 2.05) is 0 Å². The zero-order valence-electron chi connectivity index (χ0n) is 9.64. The molecule has 0 aliphatic rings. The Morgan fingerprint density at radius 3 is 2.61 bits per heavy atom. The highest BCUT2D eigenvalue weighted by atomic mass is 19.1. The summed E-state index contributed by atoms with van der Waals surface area (Å²) in [5.41, 5.74) is 1.12. The van der Waals surface area contributed by atoms with Crippen LogP contribution in [0.1, 0.15) is 11.1 Å². The van der Waals surface area contributed by atoms with Gasteiger partial charge in [0.1, 0.15) is 12.4 Å². The molecule has 0 bridgehead atoms. The molecule has 0 aromatic heterocycles. The van der Waals surface area contributed by atoms with Gasteiger partial charge in [-0.3, -0.25) is 0 Å². The van der Waals surface area contributed by atoms with Gasteiger partial charge in [0.15, 0.2) is 11.6 Å². The van der Waals surface area contributed by atoms with Crippen LogP contribution in [-0.4, -0.2) is 10.2 Å². The highest BCUT2D eigenvalue weighted by molar-refractivity contribution is 5.35. The van der Waals surface area contributed by atoms with Gasteiger partial charge in [-0.1, -0.05) is 24.3 Å². The van der Waals surface area contributed by atoms with Crippen LogP contribution in [0.4, 0.5) is 4.39 Å². The van der Waals surface area contributed by atoms with E-state index in [2.05, 4.69) is 0 Å². The summed E-state index contributed by atoms with van der Waals surface area (Å²) in [5.74, 6) is -0.336. The van der Waals surface area contributed by atoms with E-state index in [1.54, 1.807) is 30.3 Å². The van der Waals surface area contributed by atoms with Crippen molar-refractivity contribution in [2.45, 2.75) is 13.2 Å². The van der Waals surface area contributed by atoms with E-state index in [4.69, 9.17) is 9.84 Å². The van der Waals surface area contributed by atoms with E-state index < -0.39 is 5.82 Å². The lowest BCUT2D eigenvalue weighted by atomic mass is 10.2. The molecule has 0 amide bonds. The minimum absolute atomic E-state index is 0.0448. The molecule has 0 heterocycles. The van der Waals surface area contributed by atoms with Gasteiger partial charge in [-0.05, 0) is 23.8 Å². The normalized spacial score (nSPS) is 10.3. The van der Waals surface area contributed by atoms with Gasteiger partial charge < -0.3 is 14.9 Å². The Balaban J connectivity index is 2.15. The first-order chi connectivity index (χ1) is 8.70. The highest BCUT2D eigenvalue weighted by Gasteiger charge is 2.09. The van der Waals surface area contributed by atoms with E-state index in [0.717, 1.165) is 5.56 Å². The summed E-state index contributed by atoms with van der Waals surface area (Å²) in [6.07, 6.45) is 0. The molecule has 2 rings (SSSR count). The van der Waals surface area contributed by atoms with Crippen molar-refractivity contribution in [3.05, 3.63) is 59.4 Å². The summed E-state index contributed by atoms with van der Waals surface area (Å²) in [5, 5.41) is 18.4. The maximum atomic E-state index is 13.5. The van der Waals surface area contributed by atoms with Crippen molar-refractivity contribution >= 4 is 0 Å². The fourth-order valence-electron chi connectivity index (χ4n) is 1.64. The monoisotopic (exact) mass is 248 g/mol. The molecule has 0 saturated heterocycles. The van der Waals surface area contributed by atoms with E-state index in [0.29, 0.717) is 5.56 Å². The lowest BCUT2D eigenvalue weighted by Crippen LogP contribution is -2.01. The molecular weight excluding hydrogens is 235 g/mol. The standard InChI is InChI=1S/C14H13FO3/c15-13-6-2-4-11(8-16)14(13)18-9-10-3-1-5-12(17)7-10/h1-7,16-17H,8-9H2. The molecule has 2 aromatic carbocycles. The Kier molecular flexibility index (Phi) is 3.79. The van der Waals surface area contributed by atoms with Crippen LogP contribution in [0.25, 0.3) is 0 Å². The Labute approximate surface area is 104 Å². The molecule has 0 aliphatic heterocycles. The number of phenolic OH excluding ortho intramolecular Hbond substituents is 1. The minimum Gasteiger partial charge on any atom is -0.508 e. The van der Waals surface area contributed by atoms with Crippen LogP contribution in [0.15, 0.2) is 42.5 Å². The van der Waals surface area contributed by atoms with Crippen molar-refractivity contribution in [1.29, 1.82) is 0 Å². The first-order valence-corrected chi connectivity index (χ1v) is 5.49. The third kappa shape index (κ3) is 2.78. The first-order valence-electron chi connectivity index (χ1n) is 5.49. The number of ether oxygens (including phenoxy) is 1. The average molecular weight is 248 g/mol. The van der Waals surface area contributed by atoms with E-state index in [9.17, 15) is 9.50 Å². The van der Waals surface area contributed by atoms with Crippen molar-refractivity contribution in [3.8, 4) is 11.5 Å². The van der Waals surface area contributed by atoms with Crippen LogP contribution < -0.4 is 4.74 Å². The lowest BCUT2D eigenvalue weighted by molar-refractivity contribution is 0.251. The molecule has 0 spiro atoms. The topological polar surface area (TPSA) is 49.7 Å². The molecule has 0 saturated carbocycles. The smallest absolute Gasteiger partial charge is 0.165 e. The SMILES string of the molecule is OCc1cccc(F)c1OCc1cccc(O)c1. The van der Waals surface area contributed by atoms with Gasteiger partial charge in [-0.15, -0.1) is 0 Å². The fraction of sp³-hybridized carbons (Fsp3) is 0.143. The summed E-state index contributed by atoms with van der Waals surface area (Å²) in [4.78, 5) is 0. The Bertz CT molecular complexity index is 540. The van der Waals surface area contributed by atoms with Crippen LogP contribution in [-0.2, 0) is 13.2 Å². The summed E-state index contributed by atoms with van der Waals surface area (Å²) < 4.78 is 18.9. The van der Waals surface area contributed by atoms with Crippen LogP contribution in [0, 0.1) is 5.82 Å². The molecule has 0 unspecified atom stereocenters. The molecule has 2 aromatic rings. The van der Waals surface area contributed by atoms with Crippen LogP contribution >= 0.6 is 0 Å². The number of phenols is 1. The predicted molar refractivity (Wildman–Crippen MR) is 64.8 cm³/mol. The third-order valence-electron chi connectivity index (χ3n) is 2.51. The molecule has 0 atom stereocenters. The minimum atomic E-state index is -0.512. The Morgan fingerprint density at radius 1 is 1.11 bits per heavy atom. The number of aromatic hydroxyl groups is 1. The van der Waals surface area contributed by atoms with Gasteiger partial charge in [-0.25, -0.2) is 4.39 Å². The summed E-state index contributed by atoms with van der Waals surface area (Å²) >= 11 is 0. The molecular formula is C14H13FO3. The van der Waals surface area contributed by atoms with Gasteiger partial charge in [0, 0.05) is 5.56 Å².